The monoisotopic (exact) mass is 201 g/mol. The molecule has 0 fully saturated rings. The third-order valence-electron chi connectivity index (χ3n) is 1.66. The van der Waals surface area contributed by atoms with Gasteiger partial charge in [0.05, 0.1) is 6.10 Å². The van der Waals surface area contributed by atoms with Gasteiger partial charge < -0.3 is 14.7 Å². The molecule has 82 valence electrons. The van der Waals surface area contributed by atoms with E-state index < -0.39 is 12.1 Å². The van der Waals surface area contributed by atoms with E-state index in [1.54, 1.807) is 6.92 Å². The van der Waals surface area contributed by atoms with E-state index in [-0.39, 0.29) is 6.61 Å². The second kappa shape index (κ2) is 6.56. The number of esters is 1. The summed E-state index contributed by atoms with van der Waals surface area (Å²) in [5, 5.41) is 9.40. The maximum atomic E-state index is 10.9. The van der Waals surface area contributed by atoms with Crippen LogP contribution in [0, 0.1) is 0 Å². The zero-order valence-corrected chi connectivity index (χ0v) is 9.12. The Hall–Kier alpha value is -0.870. The van der Waals surface area contributed by atoms with E-state index in [4.69, 9.17) is 4.74 Å². The fourth-order valence-electron chi connectivity index (χ4n) is 0.786. The molecule has 0 aliphatic rings. The van der Waals surface area contributed by atoms with Crippen LogP contribution in [0.4, 0.5) is 0 Å². The van der Waals surface area contributed by atoms with Gasteiger partial charge in [-0.15, -0.1) is 0 Å². The van der Waals surface area contributed by atoms with Crippen LogP contribution in [-0.2, 0) is 9.53 Å². The number of rotatable bonds is 6. The Bertz CT molecular complexity index is 202. The minimum absolute atomic E-state index is 0.0412. The van der Waals surface area contributed by atoms with Crippen molar-refractivity contribution in [2.75, 3.05) is 27.2 Å². The lowest BCUT2D eigenvalue weighted by atomic mass is 10.2. The predicted molar refractivity (Wildman–Crippen MR) is 55.0 cm³/mol. The molecule has 0 aliphatic carbocycles. The van der Waals surface area contributed by atoms with Gasteiger partial charge in [0.1, 0.15) is 6.61 Å². The molecule has 0 amide bonds. The van der Waals surface area contributed by atoms with Gasteiger partial charge in [0.2, 0.25) is 0 Å². The van der Waals surface area contributed by atoms with Crippen molar-refractivity contribution in [3.63, 3.8) is 0 Å². The first-order valence-electron chi connectivity index (χ1n) is 4.59. The standard InChI is InChI=1S/C10H19NO3/c1-8(2)10(13)14-7-9(12)5-6-11(3)4/h9,12H,1,5-7H2,2-4H3. The van der Waals surface area contributed by atoms with Crippen molar-refractivity contribution in [1.82, 2.24) is 4.90 Å². The third-order valence-corrected chi connectivity index (χ3v) is 1.66. The summed E-state index contributed by atoms with van der Waals surface area (Å²) in [5.41, 5.74) is 0.352. The van der Waals surface area contributed by atoms with Crippen molar-refractivity contribution in [2.45, 2.75) is 19.4 Å². The Kier molecular flexibility index (Phi) is 6.16. The minimum atomic E-state index is -0.597. The molecule has 0 aromatic heterocycles. The summed E-state index contributed by atoms with van der Waals surface area (Å²) in [5.74, 6) is -0.450. The number of hydrogen-bond donors (Lipinski definition) is 1. The highest BCUT2D eigenvalue weighted by Crippen LogP contribution is 1.97. The van der Waals surface area contributed by atoms with Crippen LogP contribution in [0.2, 0.25) is 0 Å². The molecule has 14 heavy (non-hydrogen) atoms. The summed E-state index contributed by atoms with van der Waals surface area (Å²) in [6, 6.07) is 0. The van der Waals surface area contributed by atoms with Gasteiger partial charge in [0.15, 0.2) is 0 Å². The average molecular weight is 201 g/mol. The molecule has 0 heterocycles. The number of carbonyl (C=O) groups excluding carboxylic acids is 1. The molecule has 1 N–H and O–H groups in total. The van der Waals surface area contributed by atoms with Crippen molar-refractivity contribution >= 4 is 5.97 Å². The SMILES string of the molecule is C=C(C)C(=O)OCC(O)CCN(C)C. The molecule has 1 atom stereocenters. The third kappa shape index (κ3) is 6.62. The highest BCUT2D eigenvalue weighted by atomic mass is 16.5. The highest BCUT2D eigenvalue weighted by molar-refractivity contribution is 5.86. The van der Waals surface area contributed by atoms with Gasteiger partial charge in [0, 0.05) is 12.1 Å². The highest BCUT2D eigenvalue weighted by Gasteiger charge is 2.09. The number of aliphatic hydroxyl groups is 1. The lowest BCUT2D eigenvalue weighted by Crippen LogP contribution is -2.24. The number of carbonyl (C=O) groups is 1. The van der Waals surface area contributed by atoms with Gasteiger partial charge in [0.25, 0.3) is 0 Å². The van der Waals surface area contributed by atoms with E-state index in [1.807, 2.05) is 19.0 Å². The maximum Gasteiger partial charge on any atom is 0.333 e. The Balaban J connectivity index is 3.58. The normalized spacial score (nSPS) is 12.6. The van der Waals surface area contributed by atoms with Crippen LogP contribution in [0.3, 0.4) is 0 Å². The molecule has 4 heteroatoms. The van der Waals surface area contributed by atoms with Crippen LogP contribution < -0.4 is 0 Å². The second-order valence-electron chi connectivity index (χ2n) is 3.62. The Labute approximate surface area is 85.2 Å². The zero-order chi connectivity index (χ0) is 11.1. The largest absolute Gasteiger partial charge is 0.460 e. The van der Waals surface area contributed by atoms with Crippen LogP contribution in [0.5, 0.6) is 0 Å². The molecule has 1 unspecified atom stereocenters. The van der Waals surface area contributed by atoms with Crippen molar-refractivity contribution in [2.24, 2.45) is 0 Å². The van der Waals surface area contributed by atoms with Gasteiger partial charge >= 0.3 is 5.97 Å². The smallest absolute Gasteiger partial charge is 0.333 e. The minimum Gasteiger partial charge on any atom is -0.460 e. The lowest BCUT2D eigenvalue weighted by Gasteiger charge is -2.14. The van der Waals surface area contributed by atoms with Crippen molar-refractivity contribution in [3.05, 3.63) is 12.2 Å². The Morgan fingerprint density at radius 3 is 2.57 bits per heavy atom. The summed E-state index contributed by atoms with van der Waals surface area (Å²) < 4.78 is 4.79. The molecule has 0 rings (SSSR count). The van der Waals surface area contributed by atoms with Crippen molar-refractivity contribution in [3.8, 4) is 0 Å². The van der Waals surface area contributed by atoms with Crippen LogP contribution in [-0.4, -0.2) is 49.3 Å². The van der Waals surface area contributed by atoms with Crippen LogP contribution in [0.15, 0.2) is 12.2 Å². The van der Waals surface area contributed by atoms with Gasteiger partial charge in [-0.2, -0.15) is 0 Å². The topological polar surface area (TPSA) is 49.8 Å². The average Bonchev–Trinajstić information content (AvgIpc) is 2.10. The number of aliphatic hydroxyl groups excluding tert-OH is 1. The van der Waals surface area contributed by atoms with Crippen LogP contribution >= 0.6 is 0 Å². The van der Waals surface area contributed by atoms with E-state index in [1.165, 1.54) is 0 Å². The van der Waals surface area contributed by atoms with Gasteiger partial charge in [-0.25, -0.2) is 4.79 Å². The quantitative estimate of drug-likeness (QED) is 0.500. The van der Waals surface area contributed by atoms with E-state index in [2.05, 4.69) is 6.58 Å². The summed E-state index contributed by atoms with van der Waals surface area (Å²) in [4.78, 5) is 12.9. The van der Waals surface area contributed by atoms with Crippen LogP contribution in [0.1, 0.15) is 13.3 Å². The molecule has 0 spiro atoms. The van der Waals surface area contributed by atoms with E-state index in [0.717, 1.165) is 6.54 Å². The molecule has 0 saturated carbocycles. The summed E-state index contributed by atoms with van der Waals surface area (Å²) in [6.45, 7) is 5.83. The molecule has 0 aromatic carbocycles. The van der Waals surface area contributed by atoms with Crippen molar-refractivity contribution < 1.29 is 14.6 Å². The first-order chi connectivity index (χ1) is 6.43. The second-order valence-corrected chi connectivity index (χ2v) is 3.62. The molecule has 4 nitrogen and oxygen atoms in total. The Morgan fingerprint density at radius 2 is 2.14 bits per heavy atom. The fraction of sp³-hybridized carbons (Fsp3) is 0.700. The van der Waals surface area contributed by atoms with E-state index in [0.29, 0.717) is 12.0 Å². The molecule has 0 saturated heterocycles. The molecule has 0 radical (unpaired) electrons. The molecule has 0 aliphatic heterocycles. The van der Waals surface area contributed by atoms with Gasteiger partial charge in [-0.05, 0) is 27.4 Å². The van der Waals surface area contributed by atoms with Gasteiger partial charge in [-0.3, -0.25) is 0 Å². The summed E-state index contributed by atoms with van der Waals surface area (Å²) >= 11 is 0. The van der Waals surface area contributed by atoms with Crippen molar-refractivity contribution in [1.29, 1.82) is 0 Å². The van der Waals surface area contributed by atoms with Crippen LogP contribution in [0.25, 0.3) is 0 Å². The predicted octanol–water partition coefficient (Wildman–Crippen LogP) is 0.418. The first kappa shape index (κ1) is 13.1. The fourth-order valence-corrected chi connectivity index (χ4v) is 0.786. The first-order valence-corrected chi connectivity index (χ1v) is 4.59. The number of hydrogen-bond acceptors (Lipinski definition) is 4. The lowest BCUT2D eigenvalue weighted by molar-refractivity contribution is -0.142. The van der Waals surface area contributed by atoms with Gasteiger partial charge in [-0.1, -0.05) is 6.58 Å². The summed E-state index contributed by atoms with van der Waals surface area (Å²) in [7, 11) is 3.85. The number of nitrogens with zero attached hydrogens (tertiary/aromatic N) is 1. The molecule has 0 bridgehead atoms. The molecular weight excluding hydrogens is 182 g/mol. The van der Waals surface area contributed by atoms with E-state index in [9.17, 15) is 9.90 Å². The maximum absolute atomic E-state index is 10.9. The Morgan fingerprint density at radius 1 is 1.57 bits per heavy atom. The summed E-state index contributed by atoms with van der Waals surface area (Å²) in [6.07, 6.45) is -0.00285. The number of ether oxygens (including phenoxy) is 1. The zero-order valence-electron chi connectivity index (χ0n) is 9.12. The molecular formula is C10H19NO3. The molecule has 0 aromatic rings. The van der Waals surface area contributed by atoms with E-state index >= 15 is 0 Å².